The number of methoxy groups -OCH3 is 1. The van der Waals surface area contributed by atoms with Gasteiger partial charge in [0.15, 0.2) is 5.41 Å². The lowest BCUT2D eigenvalue weighted by Crippen LogP contribution is -2.55. The Balaban J connectivity index is 2.30. The Hall–Kier alpha value is -1.75. The van der Waals surface area contributed by atoms with Crippen LogP contribution in [0.2, 0.25) is 0 Å². The summed E-state index contributed by atoms with van der Waals surface area (Å²) >= 11 is 0. The number of hydrogen-bond donors (Lipinski definition) is 0. The number of ketones is 1. The van der Waals surface area contributed by atoms with Crippen molar-refractivity contribution < 1.29 is 19.1 Å². The van der Waals surface area contributed by atoms with Gasteiger partial charge in [0.1, 0.15) is 5.69 Å². The number of carbonyl (C=O) groups excluding carboxylic acids is 2. The van der Waals surface area contributed by atoms with E-state index in [4.69, 9.17) is 4.74 Å². The summed E-state index contributed by atoms with van der Waals surface area (Å²) in [6.07, 6.45) is 1.51. The van der Waals surface area contributed by atoms with Gasteiger partial charge in [-0.1, -0.05) is 6.07 Å². The third kappa shape index (κ3) is 1.49. The van der Waals surface area contributed by atoms with E-state index in [9.17, 15) is 9.59 Å². The SMILES string of the molecule is COC(=O)C1(C(=O)c2ccccn2)COC1. The minimum atomic E-state index is -1.19. The molecule has 1 aromatic rings. The normalized spacial score (nSPS) is 17.3. The number of pyridine rings is 1. The maximum atomic E-state index is 12.1. The number of ether oxygens (including phenoxy) is 2. The molecule has 0 amide bonds. The molecule has 2 rings (SSSR count). The zero-order valence-electron chi connectivity index (χ0n) is 8.80. The highest BCUT2D eigenvalue weighted by Crippen LogP contribution is 2.32. The van der Waals surface area contributed by atoms with E-state index in [1.54, 1.807) is 18.2 Å². The number of carbonyl (C=O) groups is 2. The first-order valence-corrected chi connectivity index (χ1v) is 4.83. The Morgan fingerprint density at radius 2 is 2.19 bits per heavy atom. The molecule has 5 heteroatoms. The molecule has 1 aliphatic rings. The highest BCUT2D eigenvalue weighted by Gasteiger charge is 2.54. The van der Waals surface area contributed by atoms with Gasteiger partial charge in [0, 0.05) is 6.20 Å². The van der Waals surface area contributed by atoms with Crippen LogP contribution in [0.5, 0.6) is 0 Å². The minimum absolute atomic E-state index is 0.0646. The summed E-state index contributed by atoms with van der Waals surface area (Å²) in [7, 11) is 1.26. The van der Waals surface area contributed by atoms with Gasteiger partial charge in [-0.15, -0.1) is 0 Å². The van der Waals surface area contributed by atoms with Crippen LogP contribution >= 0.6 is 0 Å². The first-order chi connectivity index (χ1) is 7.70. The van der Waals surface area contributed by atoms with Gasteiger partial charge in [0.25, 0.3) is 0 Å². The van der Waals surface area contributed by atoms with Crippen LogP contribution in [0.4, 0.5) is 0 Å². The Labute approximate surface area is 92.4 Å². The lowest BCUT2D eigenvalue weighted by atomic mass is 9.80. The van der Waals surface area contributed by atoms with Crippen molar-refractivity contribution >= 4 is 11.8 Å². The number of aromatic nitrogens is 1. The van der Waals surface area contributed by atoms with E-state index in [-0.39, 0.29) is 24.7 Å². The molecule has 1 aromatic heterocycles. The fourth-order valence-corrected chi connectivity index (χ4v) is 1.59. The monoisotopic (exact) mass is 221 g/mol. The van der Waals surface area contributed by atoms with E-state index in [0.717, 1.165) is 0 Å². The molecule has 16 heavy (non-hydrogen) atoms. The summed E-state index contributed by atoms with van der Waals surface area (Å²) < 4.78 is 9.59. The van der Waals surface area contributed by atoms with E-state index in [0.29, 0.717) is 0 Å². The number of Topliss-reactive ketones (excluding diaryl/α,β-unsaturated/α-hetero) is 1. The lowest BCUT2D eigenvalue weighted by Gasteiger charge is -2.36. The smallest absolute Gasteiger partial charge is 0.324 e. The minimum Gasteiger partial charge on any atom is -0.468 e. The van der Waals surface area contributed by atoms with Gasteiger partial charge < -0.3 is 9.47 Å². The molecule has 0 radical (unpaired) electrons. The summed E-state index contributed by atoms with van der Waals surface area (Å²) in [4.78, 5) is 27.6. The fourth-order valence-electron chi connectivity index (χ4n) is 1.59. The van der Waals surface area contributed by atoms with Gasteiger partial charge in [-0.2, -0.15) is 0 Å². The predicted octanol–water partition coefficient (Wildman–Crippen LogP) is 0.454. The van der Waals surface area contributed by atoms with Crippen molar-refractivity contribution in [3.63, 3.8) is 0 Å². The van der Waals surface area contributed by atoms with Gasteiger partial charge in [0.2, 0.25) is 5.78 Å². The van der Waals surface area contributed by atoms with Gasteiger partial charge in [0.05, 0.1) is 20.3 Å². The van der Waals surface area contributed by atoms with E-state index in [1.807, 2.05) is 0 Å². The van der Waals surface area contributed by atoms with Crippen molar-refractivity contribution in [2.45, 2.75) is 0 Å². The summed E-state index contributed by atoms with van der Waals surface area (Å²) in [5, 5.41) is 0. The largest absolute Gasteiger partial charge is 0.468 e. The van der Waals surface area contributed by atoms with Crippen LogP contribution < -0.4 is 0 Å². The molecular weight excluding hydrogens is 210 g/mol. The summed E-state index contributed by atoms with van der Waals surface area (Å²) in [5.41, 5.74) is -0.931. The van der Waals surface area contributed by atoms with Crippen LogP contribution in [0.3, 0.4) is 0 Å². The first-order valence-electron chi connectivity index (χ1n) is 4.83. The van der Waals surface area contributed by atoms with Crippen molar-refractivity contribution in [1.29, 1.82) is 0 Å². The van der Waals surface area contributed by atoms with Crippen LogP contribution in [0.15, 0.2) is 24.4 Å². The average Bonchev–Trinajstić information content (AvgIpc) is 2.28. The molecule has 0 aliphatic carbocycles. The summed E-state index contributed by atoms with van der Waals surface area (Å²) in [6, 6.07) is 4.98. The molecule has 0 atom stereocenters. The number of hydrogen-bond acceptors (Lipinski definition) is 5. The first kappa shape index (κ1) is 10.8. The summed E-state index contributed by atoms with van der Waals surface area (Å²) in [6.45, 7) is 0.129. The molecule has 0 aromatic carbocycles. The molecule has 1 aliphatic heterocycles. The van der Waals surface area contributed by atoms with Gasteiger partial charge in [-0.3, -0.25) is 14.6 Å². The number of esters is 1. The average molecular weight is 221 g/mol. The Bertz CT molecular complexity index is 411. The Morgan fingerprint density at radius 3 is 2.62 bits per heavy atom. The van der Waals surface area contributed by atoms with Crippen molar-refractivity contribution in [3.05, 3.63) is 30.1 Å². The zero-order valence-corrected chi connectivity index (χ0v) is 8.80. The quantitative estimate of drug-likeness (QED) is 0.421. The Morgan fingerprint density at radius 1 is 1.44 bits per heavy atom. The highest BCUT2D eigenvalue weighted by atomic mass is 16.5. The molecule has 5 nitrogen and oxygen atoms in total. The van der Waals surface area contributed by atoms with E-state index < -0.39 is 11.4 Å². The second kappa shape index (κ2) is 4.02. The maximum Gasteiger partial charge on any atom is 0.324 e. The van der Waals surface area contributed by atoms with Gasteiger partial charge in [-0.25, -0.2) is 0 Å². The molecule has 84 valence electrons. The van der Waals surface area contributed by atoms with E-state index in [2.05, 4.69) is 9.72 Å². The predicted molar refractivity (Wildman–Crippen MR) is 53.8 cm³/mol. The molecule has 0 saturated carbocycles. The van der Waals surface area contributed by atoms with Crippen molar-refractivity contribution in [2.75, 3.05) is 20.3 Å². The van der Waals surface area contributed by atoms with Crippen LogP contribution in [0.1, 0.15) is 10.5 Å². The van der Waals surface area contributed by atoms with E-state index in [1.165, 1.54) is 13.3 Å². The van der Waals surface area contributed by atoms with Crippen LogP contribution in [-0.2, 0) is 14.3 Å². The highest BCUT2D eigenvalue weighted by molar-refractivity contribution is 6.12. The van der Waals surface area contributed by atoms with Crippen LogP contribution in [-0.4, -0.2) is 37.1 Å². The maximum absolute atomic E-state index is 12.1. The van der Waals surface area contributed by atoms with Gasteiger partial charge >= 0.3 is 5.97 Å². The molecule has 0 spiro atoms. The standard InChI is InChI=1S/C11H11NO4/c1-15-10(14)11(6-16-7-11)9(13)8-4-2-3-5-12-8/h2-5H,6-7H2,1H3. The summed E-state index contributed by atoms with van der Waals surface area (Å²) in [5.74, 6) is -0.902. The third-order valence-electron chi connectivity index (χ3n) is 2.61. The van der Waals surface area contributed by atoms with Crippen LogP contribution in [0.25, 0.3) is 0 Å². The van der Waals surface area contributed by atoms with Crippen molar-refractivity contribution in [1.82, 2.24) is 4.98 Å². The molecule has 1 fully saturated rings. The number of nitrogens with zero attached hydrogens (tertiary/aromatic N) is 1. The topological polar surface area (TPSA) is 65.5 Å². The number of rotatable bonds is 3. The third-order valence-corrected chi connectivity index (χ3v) is 2.61. The fraction of sp³-hybridized carbons (Fsp3) is 0.364. The second-order valence-electron chi connectivity index (χ2n) is 3.61. The molecule has 0 bridgehead atoms. The second-order valence-corrected chi connectivity index (χ2v) is 3.61. The molecule has 1 saturated heterocycles. The van der Waals surface area contributed by atoms with Crippen LogP contribution in [0, 0.1) is 5.41 Å². The van der Waals surface area contributed by atoms with Crippen molar-refractivity contribution in [3.8, 4) is 0 Å². The van der Waals surface area contributed by atoms with Gasteiger partial charge in [-0.05, 0) is 12.1 Å². The molecular formula is C11H11NO4. The Kier molecular flexibility index (Phi) is 2.70. The van der Waals surface area contributed by atoms with E-state index >= 15 is 0 Å². The zero-order chi connectivity index (χ0) is 11.6. The molecule has 0 unspecified atom stereocenters. The van der Waals surface area contributed by atoms with Crippen molar-refractivity contribution in [2.24, 2.45) is 5.41 Å². The molecule has 2 heterocycles. The lowest BCUT2D eigenvalue weighted by molar-refractivity contribution is -0.172. The molecule has 0 N–H and O–H groups in total.